The maximum Gasteiger partial charge on any atom is 0.283 e. The summed E-state index contributed by atoms with van der Waals surface area (Å²) in [5.41, 5.74) is 1.07. The molecule has 0 saturated heterocycles. The topological polar surface area (TPSA) is 111 Å². The van der Waals surface area contributed by atoms with Crippen LogP contribution in [0.3, 0.4) is 0 Å². The molecule has 0 amide bonds. The molecule has 0 spiro atoms. The van der Waals surface area contributed by atoms with E-state index in [2.05, 4.69) is 10.2 Å². The van der Waals surface area contributed by atoms with Crippen LogP contribution >= 0.6 is 11.8 Å². The third-order valence-corrected chi connectivity index (χ3v) is 4.51. The normalized spacial score (nSPS) is 10.5. The Kier molecular flexibility index (Phi) is 4.05. The van der Waals surface area contributed by atoms with Crippen LogP contribution in [-0.2, 0) is 7.05 Å². The Morgan fingerprint density at radius 3 is 2.79 bits per heavy atom. The molecule has 0 bridgehead atoms. The summed E-state index contributed by atoms with van der Waals surface area (Å²) in [6, 6.07) is 7.97. The molecule has 0 unspecified atom stereocenters. The van der Waals surface area contributed by atoms with Crippen LogP contribution < -0.4 is 0 Å². The van der Waals surface area contributed by atoms with Gasteiger partial charge < -0.3 is 8.98 Å². The number of nitro benzene ring substituents is 1. The van der Waals surface area contributed by atoms with Crippen LogP contribution in [0.1, 0.15) is 11.3 Å². The molecule has 8 nitrogen and oxygen atoms in total. The minimum Gasteiger partial charge on any atom is -0.469 e. The maximum absolute atomic E-state index is 11.2. The summed E-state index contributed by atoms with van der Waals surface area (Å²) >= 11 is 1.09. The van der Waals surface area contributed by atoms with Gasteiger partial charge >= 0.3 is 0 Å². The van der Waals surface area contributed by atoms with Crippen LogP contribution in [0.2, 0.25) is 0 Å². The van der Waals surface area contributed by atoms with Gasteiger partial charge in [-0.05, 0) is 36.9 Å². The number of nitrogens with zero attached hydrogens (tertiary/aromatic N) is 5. The first-order valence-electron chi connectivity index (χ1n) is 6.81. The van der Waals surface area contributed by atoms with Crippen molar-refractivity contribution in [1.29, 1.82) is 5.26 Å². The van der Waals surface area contributed by atoms with Crippen molar-refractivity contribution < 1.29 is 9.34 Å². The van der Waals surface area contributed by atoms with E-state index in [1.807, 2.05) is 13.0 Å². The minimum absolute atomic E-state index is 0.0805. The van der Waals surface area contributed by atoms with Gasteiger partial charge in [-0.1, -0.05) is 0 Å². The zero-order chi connectivity index (χ0) is 17.3. The summed E-state index contributed by atoms with van der Waals surface area (Å²) in [4.78, 5) is 11.0. The zero-order valence-electron chi connectivity index (χ0n) is 12.8. The smallest absolute Gasteiger partial charge is 0.283 e. The molecule has 0 aliphatic heterocycles. The molecule has 120 valence electrons. The summed E-state index contributed by atoms with van der Waals surface area (Å²) in [5, 5.41) is 28.9. The lowest BCUT2D eigenvalue weighted by atomic mass is 10.2. The second kappa shape index (κ2) is 6.17. The zero-order valence-corrected chi connectivity index (χ0v) is 13.6. The lowest BCUT2D eigenvalue weighted by Gasteiger charge is -2.04. The summed E-state index contributed by atoms with van der Waals surface area (Å²) in [6.45, 7) is 1.82. The Balaban J connectivity index is 2.01. The van der Waals surface area contributed by atoms with Gasteiger partial charge in [0.15, 0.2) is 11.0 Å². The van der Waals surface area contributed by atoms with Gasteiger partial charge in [-0.25, -0.2) is 0 Å². The van der Waals surface area contributed by atoms with Gasteiger partial charge in [0, 0.05) is 13.1 Å². The van der Waals surface area contributed by atoms with Crippen LogP contribution in [0.25, 0.3) is 11.4 Å². The number of aryl methyl sites for hydroxylation is 1. The Morgan fingerprint density at radius 1 is 1.38 bits per heavy atom. The third kappa shape index (κ3) is 2.75. The SMILES string of the molecule is Cc1occc1-c1nnc(Sc2cc(C#N)ccc2[N+](=O)[O-])n1C. The summed E-state index contributed by atoms with van der Waals surface area (Å²) in [7, 11) is 1.77. The second-order valence-electron chi connectivity index (χ2n) is 4.91. The molecule has 0 atom stereocenters. The molecule has 1 aromatic carbocycles. The molecule has 3 aromatic rings. The highest BCUT2D eigenvalue weighted by Crippen LogP contribution is 2.35. The average Bonchev–Trinajstić information content (AvgIpc) is 3.13. The molecule has 3 rings (SSSR count). The van der Waals surface area contributed by atoms with Crippen molar-refractivity contribution in [2.24, 2.45) is 7.05 Å². The molecule has 2 aromatic heterocycles. The first-order chi connectivity index (χ1) is 11.5. The van der Waals surface area contributed by atoms with Crippen molar-refractivity contribution in [1.82, 2.24) is 14.8 Å². The average molecular weight is 341 g/mol. The van der Waals surface area contributed by atoms with Crippen molar-refractivity contribution in [3.8, 4) is 17.5 Å². The quantitative estimate of drug-likeness (QED) is 0.528. The van der Waals surface area contributed by atoms with Gasteiger partial charge in [-0.3, -0.25) is 10.1 Å². The summed E-state index contributed by atoms with van der Waals surface area (Å²) in [6.07, 6.45) is 1.56. The predicted octanol–water partition coefficient (Wildman–Crippen LogP) is 3.31. The van der Waals surface area contributed by atoms with Crippen LogP contribution in [0.15, 0.2) is 45.0 Å². The Morgan fingerprint density at radius 2 is 2.17 bits per heavy atom. The monoisotopic (exact) mass is 341 g/mol. The van der Waals surface area contributed by atoms with E-state index in [1.54, 1.807) is 23.9 Å². The molecule has 0 aliphatic rings. The number of aromatic nitrogens is 3. The van der Waals surface area contributed by atoms with Gasteiger partial charge in [0.2, 0.25) is 0 Å². The first kappa shape index (κ1) is 15.8. The molecule has 2 heterocycles. The highest BCUT2D eigenvalue weighted by Gasteiger charge is 2.20. The number of nitro groups is 1. The van der Waals surface area contributed by atoms with E-state index in [0.29, 0.717) is 27.2 Å². The van der Waals surface area contributed by atoms with E-state index in [0.717, 1.165) is 17.3 Å². The number of furan rings is 1. The van der Waals surface area contributed by atoms with Gasteiger partial charge in [0.05, 0.1) is 33.3 Å². The number of hydrogen-bond acceptors (Lipinski definition) is 7. The van der Waals surface area contributed by atoms with Crippen molar-refractivity contribution in [2.75, 3.05) is 0 Å². The molecular formula is C15H11N5O3S. The van der Waals surface area contributed by atoms with Crippen LogP contribution in [0, 0.1) is 28.4 Å². The Bertz CT molecular complexity index is 970. The second-order valence-corrected chi connectivity index (χ2v) is 5.92. The third-order valence-electron chi connectivity index (χ3n) is 3.42. The largest absolute Gasteiger partial charge is 0.469 e. The number of benzene rings is 1. The van der Waals surface area contributed by atoms with E-state index < -0.39 is 4.92 Å². The number of hydrogen-bond donors (Lipinski definition) is 0. The van der Waals surface area contributed by atoms with Gasteiger partial charge in [-0.2, -0.15) is 5.26 Å². The predicted molar refractivity (Wildman–Crippen MR) is 85.4 cm³/mol. The van der Waals surface area contributed by atoms with Crippen molar-refractivity contribution >= 4 is 17.4 Å². The van der Waals surface area contributed by atoms with Crippen molar-refractivity contribution in [3.05, 3.63) is 52.0 Å². The number of nitriles is 1. The fraction of sp³-hybridized carbons (Fsp3) is 0.133. The molecule has 0 saturated carbocycles. The fourth-order valence-corrected chi connectivity index (χ4v) is 3.10. The van der Waals surface area contributed by atoms with E-state index in [-0.39, 0.29) is 5.69 Å². The van der Waals surface area contributed by atoms with E-state index >= 15 is 0 Å². The minimum atomic E-state index is -0.485. The first-order valence-corrected chi connectivity index (χ1v) is 7.63. The Hall–Kier alpha value is -3.12. The van der Waals surface area contributed by atoms with Crippen molar-refractivity contribution in [3.63, 3.8) is 0 Å². The number of rotatable bonds is 4. The summed E-state index contributed by atoms with van der Waals surface area (Å²) in [5.74, 6) is 1.31. The van der Waals surface area contributed by atoms with E-state index in [9.17, 15) is 10.1 Å². The molecule has 0 radical (unpaired) electrons. The molecule has 9 heteroatoms. The van der Waals surface area contributed by atoms with Crippen molar-refractivity contribution in [2.45, 2.75) is 17.0 Å². The van der Waals surface area contributed by atoms with Crippen LogP contribution in [0.5, 0.6) is 0 Å². The van der Waals surface area contributed by atoms with E-state index in [4.69, 9.17) is 9.68 Å². The molecule has 0 fully saturated rings. The van der Waals surface area contributed by atoms with Crippen LogP contribution in [-0.4, -0.2) is 19.7 Å². The van der Waals surface area contributed by atoms with Gasteiger partial charge in [0.25, 0.3) is 5.69 Å². The highest BCUT2D eigenvalue weighted by atomic mass is 32.2. The highest BCUT2D eigenvalue weighted by molar-refractivity contribution is 7.99. The van der Waals surface area contributed by atoms with Gasteiger partial charge in [-0.15, -0.1) is 10.2 Å². The molecular weight excluding hydrogens is 330 g/mol. The molecule has 0 N–H and O–H groups in total. The van der Waals surface area contributed by atoms with Gasteiger partial charge in [0.1, 0.15) is 5.76 Å². The van der Waals surface area contributed by atoms with E-state index in [1.165, 1.54) is 18.2 Å². The lowest BCUT2D eigenvalue weighted by Crippen LogP contribution is -1.96. The molecule has 0 aliphatic carbocycles. The fourth-order valence-electron chi connectivity index (χ4n) is 2.17. The lowest BCUT2D eigenvalue weighted by molar-refractivity contribution is -0.387. The van der Waals surface area contributed by atoms with Crippen LogP contribution in [0.4, 0.5) is 5.69 Å². The standard InChI is InChI=1S/C15H11N5O3S/c1-9-11(5-6-23-9)14-17-18-15(19(14)2)24-13-7-10(8-16)3-4-12(13)20(21)22/h3-7H,1-2H3. The summed E-state index contributed by atoms with van der Waals surface area (Å²) < 4.78 is 7.00. The maximum atomic E-state index is 11.2. The molecule has 24 heavy (non-hydrogen) atoms. The Labute approximate surface area is 140 Å².